The zero-order valence-corrected chi connectivity index (χ0v) is 19.9. The van der Waals surface area contributed by atoms with Crippen molar-refractivity contribution in [3.8, 4) is 0 Å². The van der Waals surface area contributed by atoms with Gasteiger partial charge in [-0.25, -0.2) is 8.78 Å². The highest BCUT2D eigenvalue weighted by atomic mass is 19.1. The average Bonchev–Trinajstić information content (AvgIpc) is 3.15. The Morgan fingerprint density at radius 2 is 1.71 bits per heavy atom. The normalized spacial score (nSPS) is 20.3. The smallest absolute Gasteiger partial charge is 0.255 e. The molecule has 0 bridgehead atoms. The van der Waals surface area contributed by atoms with E-state index in [2.05, 4.69) is 10.6 Å². The first kappa shape index (κ1) is 25.0. The van der Waals surface area contributed by atoms with Gasteiger partial charge in [0.05, 0.1) is 0 Å². The van der Waals surface area contributed by atoms with Gasteiger partial charge in [-0.1, -0.05) is 43.0 Å². The number of nitrogens with zero attached hydrogens (tertiary/aromatic N) is 1. The number of hydrogen-bond acceptors (Lipinski definition) is 4. The largest absolute Gasteiger partial charge is 0.322 e. The molecule has 1 atom stereocenters. The van der Waals surface area contributed by atoms with Crippen LogP contribution in [0.2, 0.25) is 0 Å². The van der Waals surface area contributed by atoms with E-state index in [1.54, 1.807) is 11.0 Å². The Morgan fingerprint density at radius 3 is 2.40 bits per heavy atom. The van der Waals surface area contributed by atoms with Gasteiger partial charge in [0.25, 0.3) is 5.91 Å². The predicted octanol–water partition coefficient (Wildman–Crippen LogP) is 4.14. The Hall–Kier alpha value is -3.13. The molecular weight excluding hydrogens is 452 g/mol. The van der Waals surface area contributed by atoms with E-state index in [1.165, 1.54) is 37.5 Å². The Balaban J connectivity index is 0.000000168. The first-order valence-electron chi connectivity index (χ1n) is 12.2. The van der Waals surface area contributed by atoms with Crippen molar-refractivity contribution in [2.24, 2.45) is 0 Å². The van der Waals surface area contributed by atoms with E-state index in [1.807, 2.05) is 19.1 Å². The average molecular weight is 484 g/mol. The first-order chi connectivity index (χ1) is 16.8. The molecule has 2 fully saturated rings. The highest BCUT2D eigenvalue weighted by molar-refractivity contribution is 6.05. The summed E-state index contributed by atoms with van der Waals surface area (Å²) in [6.45, 7) is 2.71. The molecule has 1 saturated heterocycles. The lowest BCUT2D eigenvalue weighted by molar-refractivity contribution is -0.136. The number of fused-ring (bicyclic) bond motifs is 1. The maximum absolute atomic E-state index is 13.3. The molecule has 0 aromatic heterocycles. The van der Waals surface area contributed by atoms with Crippen LogP contribution in [0.1, 0.15) is 72.0 Å². The summed E-state index contributed by atoms with van der Waals surface area (Å²) in [5.41, 5.74) is 2.87. The third-order valence-electron chi connectivity index (χ3n) is 6.91. The van der Waals surface area contributed by atoms with Crippen LogP contribution in [-0.4, -0.2) is 34.7 Å². The number of aryl methyl sites for hydroxylation is 1. The molecule has 2 aliphatic heterocycles. The van der Waals surface area contributed by atoms with Crippen LogP contribution in [0.25, 0.3) is 0 Å². The lowest BCUT2D eigenvalue weighted by atomic mass is 9.95. The number of nitrogens with one attached hydrogen (secondary N) is 2. The summed E-state index contributed by atoms with van der Waals surface area (Å²) in [6, 6.07) is 9.57. The van der Waals surface area contributed by atoms with Crippen molar-refractivity contribution in [2.45, 2.75) is 77.0 Å². The number of imide groups is 1. The molecule has 1 unspecified atom stereocenters. The molecule has 1 saturated carbocycles. The van der Waals surface area contributed by atoms with E-state index in [4.69, 9.17) is 0 Å². The summed E-state index contributed by atoms with van der Waals surface area (Å²) in [4.78, 5) is 36.8. The number of carbonyl (C=O) groups excluding carboxylic acids is 3. The minimum absolute atomic E-state index is 0.121. The van der Waals surface area contributed by atoms with E-state index in [0.717, 1.165) is 24.0 Å². The van der Waals surface area contributed by atoms with Gasteiger partial charge in [0.1, 0.15) is 17.7 Å². The fourth-order valence-electron chi connectivity index (χ4n) is 4.96. The van der Waals surface area contributed by atoms with Crippen molar-refractivity contribution >= 4 is 17.7 Å². The molecule has 0 spiro atoms. The second kappa shape index (κ2) is 11.1. The molecule has 3 amide bonds. The quantitative estimate of drug-likeness (QED) is 0.641. The number of hydrogen-bond donors (Lipinski definition) is 2. The van der Waals surface area contributed by atoms with Gasteiger partial charge in [-0.05, 0) is 49.9 Å². The number of rotatable bonds is 4. The topological polar surface area (TPSA) is 78.5 Å². The maximum atomic E-state index is 13.3. The van der Waals surface area contributed by atoms with Gasteiger partial charge in [-0.2, -0.15) is 0 Å². The first-order valence-corrected chi connectivity index (χ1v) is 12.2. The Kier molecular flexibility index (Phi) is 7.90. The van der Waals surface area contributed by atoms with Crippen molar-refractivity contribution in [1.29, 1.82) is 0 Å². The molecule has 35 heavy (non-hydrogen) atoms. The van der Waals surface area contributed by atoms with E-state index in [0.29, 0.717) is 31.1 Å². The summed E-state index contributed by atoms with van der Waals surface area (Å²) in [5, 5.41) is 5.53. The van der Waals surface area contributed by atoms with Crippen LogP contribution in [0, 0.1) is 18.6 Å². The molecule has 6 nitrogen and oxygen atoms in total. The van der Waals surface area contributed by atoms with Gasteiger partial charge < -0.3 is 10.2 Å². The lowest BCUT2D eigenvalue weighted by Gasteiger charge is -2.29. The van der Waals surface area contributed by atoms with Gasteiger partial charge in [0.2, 0.25) is 11.8 Å². The standard InChI is InChI=1S/C14H14N2O3.C13H17F2N/c1-8-2-3-10-9(6-8)7-16(14(10)19)11-4-5-12(17)15-13(11)18;14-12-7-4-8-13(15)11(12)9-16-10-5-2-1-3-6-10/h2-3,6,11H,4-5,7H2,1H3,(H,15,17,18);4,7-8,10,16H,1-3,5-6,9H2. The molecule has 5 rings (SSSR count). The van der Waals surface area contributed by atoms with E-state index >= 15 is 0 Å². The van der Waals surface area contributed by atoms with Crippen molar-refractivity contribution < 1.29 is 23.2 Å². The van der Waals surface area contributed by atoms with Crippen LogP contribution >= 0.6 is 0 Å². The molecule has 8 heteroatoms. The molecule has 3 aliphatic rings. The lowest BCUT2D eigenvalue weighted by Crippen LogP contribution is -2.52. The number of amides is 3. The molecule has 0 radical (unpaired) electrons. The highest BCUT2D eigenvalue weighted by Crippen LogP contribution is 2.28. The van der Waals surface area contributed by atoms with Gasteiger partial charge in [0, 0.05) is 36.7 Å². The summed E-state index contributed by atoms with van der Waals surface area (Å²) in [5.74, 6) is -1.66. The van der Waals surface area contributed by atoms with Crippen LogP contribution in [-0.2, 0) is 22.7 Å². The number of benzene rings is 2. The molecule has 2 aromatic carbocycles. The molecule has 2 heterocycles. The Bertz CT molecular complexity index is 1090. The van der Waals surface area contributed by atoms with Gasteiger partial charge in [-0.3, -0.25) is 19.7 Å². The SMILES string of the molecule is Cc1ccc2c(c1)CN(C1CCC(=O)NC1=O)C2=O.Fc1cccc(F)c1CNC1CCCCC1. The minimum atomic E-state index is -0.530. The van der Waals surface area contributed by atoms with Crippen molar-refractivity contribution in [1.82, 2.24) is 15.5 Å². The Labute approximate surface area is 204 Å². The minimum Gasteiger partial charge on any atom is -0.322 e. The van der Waals surface area contributed by atoms with Gasteiger partial charge in [-0.15, -0.1) is 0 Å². The highest BCUT2D eigenvalue weighted by Gasteiger charge is 2.38. The van der Waals surface area contributed by atoms with Crippen molar-refractivity contribution in [3.05, 3.63) is 70.3 Å². The van der Waals surface area contributed by atoms with E-state index in [9.17, 15) is 23.2 Å². The van der Waals surface area contributed by atoms with Crippen molar-refractivity contribution in [3.63, 3.8) is 0 Å². The van der Waals surface area contributed by atoms with Gasteiger partial charge in [0.15, 0.2) is 0 Å². The fourth-order valence-corrected chi connectivity index (χ4v) is 4.96. The number of piperidine rings is 1. The third-order valence-corrected chi connectivity index (χ3v) is 6.91. The van der Waals surface area contributed by atoms with Crippen molar-refractivity contribution in [2.75, 3.05) is 0 Å². The number of halogens is 2. The second-order valence-corrected chi connectivity index (χ2v) is 9.48. The summed E-state index contributed by atoms with van der Waals surface area (Å²) in [6.07, 6.45) is 6.66. The van der Waals surface area contributed by atoms with Crippen LogP contribution in [0.5, 0.6) is 0 Å². The predicted molar refractivity (Wildman–Crippen MR) is 127 cm³/mol. The summed E-state index contributed by atoms with van der Waals surface area (Å²) < 4.78 is 26.6. The van der Waals surface area contributed by atoms with Crippen LogP contribution in [0.3, 0.4) is 0 Å². The number of carbonyl (C=O) groups is 3. The van der Waals surface area contributed by atoms with Crippen LogP contribution in [0.15, 0.2) is 36.4 Å². The molecule has 1 aliphatic carbocycles. The van der Waals surface area contributed by atoms with E-state index in [-0.39, 0.29) is 29.7 Å². The molecule has 2 aromatic rings. The monoisotopic (exact) mass is 483 g/mol. The van der Waals surface area contributed by atoms with Crippen LogP contribution in [0.4, 0.5) is 8.78 Å². The zero-order valence-electron chi connectivity index (χ0n) is 19.9. The zero-order chi connectivity index (χ0) is 24.9. The Morgan fingerprint density at radius 1 is 1.00 bits per heavy atom. The molecule has 186 valence electrons. The summed E-state index contributed by atoms with van der Waals surface area (Å²) >= 11 is 0. The van der Waals surface area contributed by atoms with E-state index < -0.39 is 17.7 Å². The summed E-state index contributed by atoms with van der Waals surface area (Å²) in [7, 11) is 0. The van der Waals surface area contributed by atoms with Crippen LogP contribution < -0.4 is 10.6 Å². The second-order valence-electron chi connectivity index (χ2n) is 9.48. The maximum Gasteiger partial charge on any atom is 0.255 e. The van der Waals surface area contributed by atoms with Gasteiger partial charge >= 0.3 is 0 Å². The molecule has 2 N–H and O–H groups in total. The molecular formula is C27H31F2N3O3. The fraction of sp³-hybridized carbons (Fsp3) is 0.444. The third kappa shape index (κ3) is 5.93.